The number of ether oxygens (including phenoxy) is 2. The summed E-state index contributed by atoms with van der Waals surface area (Å²) in [5.41, 5.74) is 3.63. The van der Waals surface area contributed by atoms with E-state index in [1.165, 1.54) is 6.07 Å². The Bertz CT molecular complexity index is 1460. The van der Waals surface area contributed by atoms with E-state index in [9.17, 15) is 18.0 Å². The minimum absolute atomic E-state index is 0.199. The molecule has 3 atom stereocenters. The molecule has 5 rings (SSSR count). The van der Waals surface area contributed by atoms with Gasteiger partial charge in [0.2, 0.25) is 5.82 Å². The number of hydrogen-bond donors (Lipinski definition) is 1. The maximum absolute atomic E-state index is 13.6. The molecule has 1 saturated carbocycles. The number of nitrogens with one attached hydrogen (secondary N) is 1. The van der Waals surface area contributed by atoms with Crippen LogP contribution in [0.2, 0.25) is 0 Å². The lowest BCUT2D eigenvalue weighted by atomic mass is 9.65. The Balaban J connectivity index is 1.61. The molecule has 1 aliphatic heterocycles. The largest absolute Gasteiger partial charge is 0.490 e. The molecule has 42 heavy (non-hydrogen) atoms. The minimum Gasteiger partial charge on any atom is -0.490 e. The van der Waals surface area contributed by atoms with Gasteiger partial charge in [-0.05, 0) is 83.7 Å². The Morgan fingerprint density at radius 1 is 1.14 bits per heavy atom. The summed E-state index contributed by atoms with van der Waals surface area (Å²) >= 11 is 0. The number of hydrogen-bond acceptors (Lipinski definition) is 7. The van der Waals surface area contributed by atoms with Crippen molar-refractivity contribution in [3.05, 3.63) is 77.9 Å². The zero-order valence-electron chi connectivity index (χ0n) is 24.2. The monoisotopic (exact) mass is 584 g/mol. The number of hydroxylamine groups is 1. The number of nitrogens with zero attached hydrogens (tertiary/aromatic N) is 3. The zero-order chi connectivity index (χ0) is 30.3. The van der Waals surface area contributed by atoms with Crippen molar-refractivity contribution in [2.75, 3.05) is 0 Å². The summed E-state index contributed by atoms with van der Waals surface area (Å²) in [7, 11) is 0. The molecule has 11 heteroatoms. The molecule has 1 spiro atoms. The second-order valence-electron chi connectivity index (χ2n) is 12.0. The topological polar surface area (TPSA) is 87.5 Å². The first kappa shape index (κ1) is 29.6. The molecule has 1 aliphatic carbocycles. The first-order chi connectivity index (χ1) is 19.8. The lowest BCUT2D eigenvalue weighted by molar-refractivity contribution is -0.168. The molecule has 224 valence electrons. The summed E-state index contributed by atoms with van der Waals surface area (Å²) in [6.07, 6.45) is 0.0323. The van der Waals surface area contributed by atoms with Gasteiger partial charge in [0.25, 0.3) is 0 Å². The van der Waals surface area contributed by atoms with Crippen molar-refractivity contribution in [1.29, 1.82) is 0 Å². The van der Waals surface area contributed by atoms with Gasteiger partial charge in [0.05, 0.1) is 17.7 Å². The number of esters is 1. The van der Waals surface area contributed by atoms with Gasteiger partial charge in [-0.2, -0.15) is 13.2 Å². The van der Waals surface area contributed by atoms with Gasteiger partial charge in [-0.25, -0.2) is 0 Å². The molecule has 0 radical (unpaired) electrons. The van der Waals surface area contributed by atoms with Crippen LogP contribution in [0.4, 0.5) is 13.2 Å². The molecule has 1 aromatic heterocycles. The number of carbonyl (C=O) groups is 1. The van der Waals surface area contributed by atoms with Crippen molar-refractivity contribution in [1.82, 2.24) is 20.2 Å². The van der Waals surface area contributed by atoms with Gasteiger partial charge in [0.1, 0.15) is 23.3 Å². The van der Waals surface area contributed by atoms with Gasteiger partial charge in [-0.1, -0.05) is 30.3 Å². The van der Waals surface area contributed by atoms with Crippen LogP contribution >= 0.6 is 0 Å². The van der Waals surface area contributed by atoms with Crippen LogP contribution in [0.5, 0.6) is 5.75 Å². The first-order valence-electron chi connectivity index (χ1n) is 14.0. The third-order valence-electron chi connectivity index (χ3n) is 7.31. The normalized spacial score (nSPS) is 22.6. The van der Waals surface area contributed by atoms with Crippen molar-refractivity contribution in [2.24, 2.45) is 5.92 Å². The second-order valence-corrected chi connectivity index (χ2v) is 12.0. The van der Waals surface area contributed by atoms with Crippen LogP contribution in [0.3, 0.4) is 0 Å². The van der Waals surface area contributed by atoms with E-state index in [1.54, 1.807) is 12.1 Å². The van der Waals surface area contributed by atoms with Crippen LogP contribution in [0.25, 0.3) is 11.4 Å². The highest BCUT2D eigenvalue weighted by atomic mass is 19.4. The van der Waals surface area contributed by atoms with Crippen molar-refractivity contribution >= 4 is 11.7 Å². The molecule has 2 heterocycles. The van der Waals surface area contributed by atoms with Crippen LogP contribution < -0.4 is 10.2 Å². The summed E-state index contributed by atoms with van der Waals surface area (Å²) in [4.78, 5) is 19.9. The van der Waals surface area contributed by atoms with E-state index >= 15 is 0 Å². The third kappa shape index (κ3) is 6.01. The summed E-state index contributed by atoms with van der Waals surface area (Å²) in [6, 6.07) is 14.4. The summed E-state index contributed by atoms with van der Waals surface area (Å²) in [5.74, 6) is -1.81. The molecule has 0 saturated heterocycles. The molecule has 0 bridgehead atoms. The number of halogens is 3. The Morgan fingerprint density at radius 3 is 2.55 bits per heavy atom. The Kier molecular flexibility index (Phi) is 7.82. The molecule has 1 N–H and O–H groups in total. The standard InChI is InChI=1S/C31H35F3N4O4/c1-19(2)40-25-14-13-21(38-18-35-36-28(38)31(32,33)34)16-23(25)24-17-30(42-37-24)15-9-12-22(27(39)41-29(3,4)5)26(30)20-10-7-6-8-11-20/h6-8,10-11,13-14,16-19,22,26,37H,9,12,15H2,1-5H3/t22?,26-,30+/m1/s1. The maximum atomic E-state index is 13.6. The molecular weight excluding hydrogens is 549 g/mol. The summed E-state index contributed by atoms with van der Waals surface area (Å²) in [6.45, 7) is 9.26. The molecule has 1 fully saturated rings. The predicted octanol–water partition coefficient (Wildman–Crippen LogP) is 6.61. The Hall–Kier alpha value is -3.86. The minimum atomic E-state index is -4.69. The van der Waals surface area contributed by atoms with E-state index in [2.05, 4.69) is 15.7 Å². The lowest BCUT2D eigenvalue weighted by Gasteiger charge is -2.43. The van der Waals surface area contributed by atoms with Crippen LogP contribution in [0.1, 0.15) is 76.8 Å². The zero-order valence-corrected chi connectivity index (χ0v) is 24.2. The number of benzene rings is 2. The average molecular weight is 585 g/mol. The number of aromatic nitrogens is 3. The third-order valence-corrected chi connectivity index (χ3v) is 7.31. The van der Waals surface area contributed by atoms with Crippen LogP contribution in [-0.2, 0) is 20.5 Å². The van der Waals surface area contributed by atoms with Crippen molar-refractivity contribution < 1.29 is 32.3 Å². The Morgan fingerprint density at radius 2 is 1.88 bits per heavy atom. The number of carbonyl (C=O) groups excluding carboxylic acids is 1. The predicted molar refractivity (Wildman–Crippen MR) is 149 cm³/mol. The molecule has 2 aromatic carbocycles. The molecule has 0 amide bonds. The van der Waals surface area contributed by atoms with Gasteiger partial charge < -0.3 is 9.47 Å². The average Bonchev–Trinajstić information content (AvgIpc) is 3.57. The number of alkyl halides is 3. The van der Waals surface area contributed by atoms with Crippen molar-refractivity contribution in [2.45, 2.75) is 83.3 Å². The summed E-state index contributed by atoms with van der Waals surface area (Å²) < 4.78 is 53.7. The molecule has 8 nitrogen and oxygen atoms in total. The van der Waals surface area contributed by atoms with Gasteiger partial charge in [-0.3, -0.25) is 19.7 Å². The van der Waals surface area contributed by atoms with Gasteiger partial charge in [0.15, 0.2) is 0 Å². The second kappa shape index (κ2) is 11.1. The van der Waals surface area contributed by atoms with E-state index in [0.717, 1.165) is 16.5 Å². The van der Waals surface area contributed by atoms with E-state index in [0.29, 0.717) is 36.3 Å². The molecular formula is C31H35F3N4O4. The fraction of sp³-hybridized carbons (Fsp3) is 0.452. The smallest absolute Gasteiger partial charge is 0.452 e. The van der Waals surface area contributed by atoms with E-state index in [4.69, 9.17) is 14.3 Å². The van der Waals surface area contributed by atoms with Gasteiger partial charge in [0, 0.05) is 17.2 Å². The van der Waals surface area contributed by atoms with Crippen molar-refractivity contribution in [3.63, 3.8) is 0 Å². The number of rotatable bonds is 6. The molecule has 1 unspecified atom stereocenters. The highest BCUT2D eigenvalue weighted by Crippen LogP contribution is 2.51. The van der Waals surface area contributed by atoms with Crippen LogP contribution in [0.15, 0.2) is 60.9 Å². The highest BCUT2D eigenvalue weighted by molar-refractivity contribution is 5.77. The molecule has 2 aliphatic rings. The first-order valence-corrected chi connectivity index (χ1v) is 14.0. The fourth-order valence-electron chi connectivity index (χ4n) is 5.78. The van der Waals surface area contributed by atoms with E-state index < -0.39 is 29.1 Å². The summed E-state index contributed by atoms with van der Waals surface area (Å²) in [5, 5.41) is 6.77. The van der Waals surface area contributed by atoms with E-state index in [-0.39, 0.29) is 23.7 Å². The SMILES string of the molecule is CC(C)Oc1ccc(-n2cnnc2C(F)(F)F)cc1C1=C[C@]2(CCCC(C(=O)OC(C)(C)C)[C@H]2c2ccccc2)ON1. The quantitative estimate of drug-likeness (QED) is 0.326. The van der Waals surface area contributed by atoms with Crippen LogP contribution in [0, 0.1) is 5.92 Å². The van der Waals surface area contributed by atoms with Crippen molar-refractivity contribution in [3.8, 4) is 11.4 Å². The Labute approximate surface area is 242 Å². The molecule has 3 aromatic rings. The highest BCUT2D eigenvalue weighted by Gasteiger charge is 2.52. The van der Waals surface area contributed by atoms with Crippen LogP contribution in [-0.4, -0.2) is 38.0 Å². The lowest BCUT2D eigenvalue weighted by Crippen LogP contribution is -2.47. The van der Waals surface area contributed by atoms with Gasteiger partial charge in [-0.15, -0.1) is 10.2 Å². The maximum Gasteiger partial charge on any atom is 0.452 e. The fourth-order valence-corrected chi connectivity index (χ4v) is 5.78. The van der Waals surface area contributed by atoms with E-state index in [1.807, 2.05) is 71.0 Å². The van der Waals surface area contributed by atoms with Gasteiger partial charge >= 0.3 is 12.1 Å².